The number of halogens is 1. The van der Waals surface area contributed by atoms with Gasteiger partial charge in [-0.2, -0.15) is 0 Å². The molecule has 0 saturated carbocycles. The first-order valence-electron chi connectivity index (χ1n) is 7.65. The van der Waals surface area contributed by atoms with E-state index in [1.54, 1.807) is 41.6 Å². The minimum atomic E-state index is -0.150. The van der Waals surface area contributed by atoms with Gasteiger partial charge >= 0.3 is 0 Å². The molecule has 130 valence electrons. The number of amides is 1. The van der Waals surface area contributed by atoms with Gasteiger partial charge in [-0.1, -0.05) is 11.6 Å². The van der Waals surface area contributed by atoms with Gasteiger partial charge in [-0.3, -0.25) is 4.79 Å². The number of nitrogens with zero attached hydrogens (tertiary/aromatic N) is 2. The Hall–Kier alpha value is -2.31. The summed E-state index contributed by atoms with van der Waals surface area (Å²) in [4.78, 5) is 18.4. The van der Waals surface area contributed by atoms with Crippen molar-refractivity contribution in [2.45, 2.75) is 20.1 Å². The maximum Gasteiger partial charge on any atom is 0.273 e. The summed E-state index contributed by atoms with van der Waals surface area (Å²) >= 11 is 7.24. The average Bonchev–Trinajstić information content (AvgIpc) is 3.23. The number of carbonyl (C=O) groups is 1. The molecule has 0 aliphatic heterocycles. The Bertz CT molecular complexity index is 857. The van der Waals surface area contributed by atoms with Gasteiger partial charge < -0.3 is 14.1 Å². The van der Waals surface area contributed by atoms with Crippen LogP contribution in [-0.4, -0.2) is 22.8 Å². The van der Waals surface area contributed by atoms with E-state index >= 15 is 0 Å². The van der Waals surface area contributed by atoms with Crippen LogP contribution in [0, 0.1) is 6.92 Å². The van der Waals surface area contributed by atoms with Crippen LogP contribution in [0.15, 0.2) is 46.2 Å². The van der Waals surface area contributed by atoms with Crippen LogP contribution in [0.4, 0.5) is 0 Å². The van der Waals surface area contributed by atoms with Gasteiger partial charge in [0.2, 0.25) is 0 Å². The van der Waals surface area contributed by atoms with Gasteiger partial charge in [0.05, 0.1) is 6.54 Å². The van der Waals surface area contributed by atoms with Gasteiger partial charge in [0, 0.05) is 17.5 Å². The molecule has 5 nitrogen and oxygen atoms in total. The highest BCUT2D eigenvalue weighted by molar-refractivity contribution is 7.09. The maximum absolute atomic E-state index is 12.5. The van der Waals surface area contributed by atoms with Crippen LogP contribution in [-0.2, 0) is 13.2 Å². The average molecular weight is 377 g/mol. The van der Waals surface area contributed by atoms with Crippen molar-refractivity contribution in [2.75, 3.05) is 7.05 Å². The fraction of sp³-hybridized carbons (Fsp3) is 0.222. The molecule has 0 bridgehead atoms. The molecule has 0 aliphatic carbocycles. The van der Waals surface area contributed by atoms with Crippen molar-refractivity contribution in [3.8, 4) is 5.75 Å². The van der Waals surface area contributed by atoms with E-state index in [4.69, 9.17) is 20.8 Å². The van der Waals surface area contributed by atoms with E-state index in [2.05, 4.69) is 4.98 Å². The lowest BCUT2D eigenvalue weighted by Crippen LogP contribution is -2.26. The molecule has 0 spiro atoms. The number of furan rings is 1. The molecule has 25 heavy (non-hydrogen) atoms. The van der Waals surface area contributed by atoms with Crippen molar-refractivity contribution < 1.29 is 13.9 Å². The quantitative estimate of drug-likeness (QED) is 0.633. The zero-order valence-electron chi connectivity index (χ0n) is 13.9. The Kier molecular flexibility index (Phi) is 5.40. The fourth-order valence-electron chi connectivity index (χ4n) is 2.22. The van der Waals surface area contributed by atoms with E-state index in [0.717, 1.165) is 16.5 Å². The maximum atomic E-state index is 12.5. The fourth-order valence-corrected chi connectivity index (χ4v) is 3.03. The van der Waals surface area contributed by atoms with Crippen molar-refractivity contribution in [3.63, 3.8) is 0 Å². The predicted molar refractivity (Wildman–Crippen MR) is 97.1 cm³/mol. The topological polar surface area (TPSA) is 55.6 Å². The highest BCUT2D eigenvalue weighted by Crippen LogP contribution is 2.19. The van der Waals surface area contributed by atoms with Crippen LogP contribution in [0.3, 0.4) is 0 Å². The molecule has 1 aromatic carbocycles. The summed E-state index contributed by atoms with van der Waals surface area (Å²) in [5.74, 6) is 2.13. The third kappa shape index (κ3) is 4.61. The number of carbonyl (C=O) groups excluding carboxylic acids is 1. The Morgan fingerprint density at radius 3 is 2.72 bits per heavy atom. The number of benzene rings is 1. The van der Waals surface area contributed by atoms with Gasteiger partial charge in [0.1, 0.15) is 34.6 Å². The molecule has 3 rings (SSSR count). The zero-order valence-corrected chi connectivity index (χ0v) is 15.4. The lowest BCUT2D eigenvalue weighted by atomic mass is 10.3. The lowest BCUT2D eigenvalue weighted by Gasteiger charge is -2.14. The second kappa shape index (κ2) is 7.72. The van der Waals surface area contributed by atoms with Crippen LogP contribution in [0.5, 0.6) is 5.75 Å². The highest BCUT2D eigenvalue weighted by Gasteiger charge is 2.17. The smallest absolute Gasteiger partial charge is 0.273 e. The van der Waals surface area contributed by atoms with Gasteiger partial charge in [0.25, 0.3) is 5.91 Å². The molecule has 0 radical (unpaired) electrons. The Morgan fingerprint density at radius 2 is 2.04 bits per heavy atom. The Morgan fingerprint density at radius 1 is 1.28 bits per heavy atom. The van der Waals surface area contributed by atoms with E-state index in [0.29, 0.717) is 29.6 Å². The van der Waals surface area contributed by atoms with Gasteiger partial charge in [-0.15, -0.1) is 11.3 Å². The van der Waals surface area contributed by atoms with Crippen LogP contribution in [0.2, 0.25) is 5.02 Å². The van der Waals surface area contributed by atoms with E-state index in [1.807, 2.05) is 19.1 Å². The van der Waals surface area contributed by atoms with Gasteiger partial charge in [-0.25, -0.2) is 4.98 Å². The number of aryl methyl sites for hydroxylation is 1. The molecule has 3 aromatic rings. The highest BCUT2D eigenvalue weighted by atomic mass is 35.5. The van der Waals surface area contributed by atoms with Crippen LogP contribution < -0.4 is 4.74 Å². The number of rotatable bonds is 6. The second-order valence-electron chi connectivity index (χ2n) is 5.54. The Labute approximate surface area is 154 Å². The van der Waals surface area contributed by atoms with E-state index < -0.39 is 0 Å². The van der Waals surface area contributed by atoms with Crippen LogP contribution in [0.25, 0.3) is 0 Å². The predicted octanol–water partition coefficient (Wildman–Crippen LogP) is 4.55. The molecule has 0 N–H and O–H groups in total. The molecular formula is C18H17ClN2O3S. The third-order valence-corrected chi connectivity index (χ3v) is 4.56. The Balaban J connectivity index is 1.58. The zero-order chi connectivity index (χ0) is 17.8. The first-order chi connectivity index (χ1) is 12.0. The molecule has 0 unspecified atom stereocenters. The summed E-state index contributed by atoms with van der Waals surface area (Å²) in [5, 5.41) is 3.14. The molecule has 2 heterocycles. The number of ether oxygens (including phenoxy) is 1. The van der Waals surface area contributed by atoms with Crippen LogP contribution >= 0.6 is 22.9 Å². The largest absolute Gasteiger partial charge is 0.486 e. The lowest BCUT2D eigenvalue weighted by molar-refractivity contribution is 0.0769. The molecule has 0 aliphatic rings. The summed E-state index contributed by atoms with van der Waals surface area (Å²) in [6.45, 7) is 2.58. The van der Waals surface area contributed by atoms with Gasteiger partial charge in [-0.05, 0) is 43.3 Å². The van der Waals surface area contributed by atoms with Crippen molar-refractivity contribution in [1.82, 2.24) is 9.88 Å². The van der Waals surface area contributed by atoms with Gasteiger partial charge in [0.15, 0.2) is 0 Å². The molecular weight excluding hydrogens is 360 g/mol. The molecule has 2 aromatic heterocycles. The summed E-state index contributed by atoms with van der Waals surface area (Å²) in [7, 11) is 1.73. The van der Waals surface area contributed by atoms with Crippen molar-refractivity contribution in [1.29, 1.82) is 0 Å². The summed E-state index contributed by atoms with van der Waals surface area (Å²) < 4.78 is 11.1. The van der Waals surface area contributed by atoms with E-state index in [-0.39, 0.29) is 5.91 Å². The van der Waals surface area contributed by atoms with Crippen molar-refractivity contribution in [2.24, 2.45) is 0 Å². The monoisotopic (exact) mass is 376 g/mol. The normalized spacial score (nSPS) is 10.7. The van der Waals surface area contributed by atoms with E-state index in [9.17, 15) is 4.79 Å². The third-order valence-electron chi connectivity index (χ3n) is 3.48. The number of thiazole rings is 1. The summed E-state index contributed by atoms with van der Waals surface area (Å²) in [5.41, 5.74) is 0.408. The molecule has 0 saturated heterocycles. The summed E-state index contributed by atoms with van der Waals surface area (Å²) in [6.07, 6.45) is 0. The standard InChI is InChI=1S/C18H17ClN2O3S/c1-12-3-6-15(24-12)9-21(2)18(22)16-11-25-17(20-16)10-23-14-7-4-13(19)5-8-14/h3-8,11H,9-10H2,1-2H3. The number of hydrogen-bond acceptors (Lipinski definition) is 5. The molecule has 7 heteroatoms. The van der Waals surface area contributed by atoms with Crippen molar-refractivity contribution in [3.05, 3.63) is 69.0 Å². The SMILES string of the molecule is Cc1ccc(CN(C)C(=O)c2csc(COc3ccc(Cl)cc3)n2)o1. The minimum absolute atomic E-state index is 0.150. The first-order valence-corrected chi connectivity index (χ1v) is 8.90. The minimum Gasteiger partial charge on any atom is -0.486 e. The van der Waals surface area contributed by atoms with Crippen LogP contribution in [0.1, 0.15) is 27.0 Å². The molecule has 1 amide bonds. The molecule has 0 fully saturated rings. The number of aromatic nitrogens is 1. The molecule has 0 atom stereocenters. The second-order valence-corrected chi connectivity index (χ2v) is 6.92. The summed E-state index contributed by atoms with van der Waals surface area (Å²) in [6, 6.07) is 10.9. The number of hydrogen-bond donors (Lipinski definition) is 0. The van der Waals surface area contributed by atoms with E-state index in [1.165, 1.54) is 11.3 Å². The van der Waals surface area contributed by atoms with Crippen molar-refractivity contribution >= 4 is 28.8 Å². The first kappa shape index (κ1) is 17.5.